The zero-order chi connectivity index (χ0) is 14.3. The Morgan fingerprint density at radius 2 is 1.68 bits per heavy atom. The Morgan fingerprint density at radius 3 is 2.26 bits per heavy atom. The summed E-state index contributed by atoms with van der Waals surface area (Å²) in [6.07, 6.45) is 0. The monoisotopic (exact) mass is 263 g/mol. The van der Waals surface area contributed by atoms with E-state index in [0.29, 0.717) is 18.7 Å². The number of carbonyl (C=O) groups is 2. The third-order valence-electron chi connectivity index (χ3n) is 2.95. The molecule has 2 atom stereocenters. The summed E-state index contributed by atoms with van der Waals surface area (Å²) < 4.78 is 0. The largest absolute Gasteiger partial charge is 0.354 e. The summed E-state index contributed by atoms with van der Waals surface area (Å²) in [7, 11) is 0. The average molecular weight is 263 g/mol. The average Bonchev–Trinajstić information content (AvgIpc) is 2.43. The van der Waals surface area contributed by atoms with Crippen molar-refractivity contribution in [3.8, 4) is 0 Å². The second-order valence-electron chi connectivity index (χ2n) is 4.56. The molecule has 2 amide bonds. The summed E-state index contributed by atoms with van der Waals surface area (Å²) in [5.74, 6) is -0.469. The molecule has 0 aliphatic rings. The number of amides is 2. The molecule has 0 bridgehead atoms. The minimum Gasteiger partial charge on any atom is -0.354 e. The highest BCUT2D eigenvalue weighted by molar-refractivity contribution is 5.94. The molecule has 1 rings (SSSR count). The molecule has 1 aromatic carbocycles. The van der Waals surface area contributed by atoms with Crippen LogP contribution in [0.1, 0.15) is 24.2 Å². The molecule has 1 aromatic rings. The molecular formula is C14H21N3O2. The predicted octanol–water partition coefficient (Wildman–Crippen LogP) is 0.516. The minimum atomic E-state index is -0.232. The first-order valence-electron chi connectivity index (χ1n) is 6.39. The smallest absolute Gasteiger partial charge is 0.251 e. The van der Waals surface area contributed by atoms with Crippen LogP contribution in [0.2, 0.25) is 0 Å². The van der Waals surface area contributed by atoms with Crippen LogP contribution in [0.4, 0.5) is 0 Å². The van der Waals surface area contributed by atoms with Crippen molar-refractivity contribution in [2.24, 2.45) is 11.7 Å². The van der Waals surface area contributed by atoms with E-state index < -0.39 is 0 Å². The van der Waals surface area contributed by atoms with Crippen molar-refractivity contribution in [3.63, 3.8) is 0 Å². The third kappa shape index (κ3) is 5.09. The number of carbonyl (C=O) groups excluding carboxylic acids is 2. The van der Waals surface area contributed by atoms with Gasteiger partial charge in [-0.3, -0.25) is 9.59 Å². The molecule has 5 nitrogen and oxygen atoms in total. The van der Waals surface area contributed by atoms with Crippen molar-refractivity contribution >= 4 is 11.8 Å². The Hall–Kier alpha value is -1.88. The number of nitrogens with one attached hydrogen (secondary N) is 2. The van der Waals surface area contributed by atoms with Gasteiger partial charge in [-0.1, -0.05) is 25.1 Å². The van der Waals surface area contributed by atoms with Crippen molar-refractivity contribution in [1.82, 2.24) is 10.6 Å². The lowest BCUT2D eigenvalue weighted by Crippen LogP contribution is -2.41. The van der Waals surface area contributed by atoms with Gasteiger partial charge in [0.15, 0.2) is 0 Å². The van der Waals surface area contributed by atoms with Gasteiger partial charge in [-0.15, -0.1) is 0 Å². The number of nitrogens with two attached hydrogens (primary N) is 1. The topological polar surface area (TPSA) is 84.2 Å². The van der Waals surface area contributed by atoms with Crippen molar-refractivity contribution in [3.05, 3.63) is 35.9 Å². The van der Waals surface area contributed by atoms with E-state index in [1.165, 1.54) is 0 Å². The molecule has 2 unspecified atom stereocenters. The lowest BCUT2D eigenvalue weighted by atomic mass is 10.0. The Morgan fingerprint density at radius 1 is 1.11 bits per heavy atom. The first-order valence-corrected chi connectivity index (χ1v) is 6.39. The lowest BCUT2D eigenvalue weighted by molar-refractivity contribution is -0.124. The number of benzene rings is 1. The second-order valence-corrected chi connectivity index (χ2v) is 4.56. The van der Waals surface area contributed by atoms with Gasteiger partial charge in [-0.05, 0) is 19.1 Å². The van der Waals surface area contributed by atoms with Gasteiger partial charge in [-0.25, -0.2) is 0 Å². The SMILES string of the molecule is CC(N)C(C)C(=O)NCCNC(=O)c1ccccc1. The van der Waals surface area contributed by atoms with Crippen LogP contribution in [0, 0.1) is 5.92 Å². The van der Waals surface area contributed by atoms with E-state index in [1.807, 2.05) is 6.07 Å². The van der Waals surface area contributed by atoms with Gasteiger partial charge < -0.3 is 16.4 Å². The molecule has 4 N–H and O–H groups in total. The van der Waals surface area contributed by atoms with E-state index in [2.05, 4.69) is 10.6 Å². The highest BCUT2D eigenvalue weighted by atomic mass is 16.2. The predicted molar refractivity (Wildman–Crippen MR) is 74.6 cm³/mol. The quantitative estimate of drug-likeness (QED) is 0.654. The summed E-state index contributed by atoms with van der Waals surface area (Å²) in [5.41, 5.74) is 6.24. The maximum absolute atomic E-state index is 11.7. The summed E-state index contributed by atoms with van der Waals surface area (Å²) in [4.78, 5) is 23.3. The summed E-state index contributed by atoms with van der Waals surface area (Å²) in [6, 6.07) is 8.77. The van der Waals surface area contributed by atoms with Crippen LogP contribution < -0.4 is 16.4 Å². The van der Waals surface area contributed by atoms with Gasteiger partial charge in [0.25, 0.3) is 5.91 Å². The molecule has 5 heteroatoms. The molecule has 0 aromatic heterocycles. The first-order chi connectivity index (χ1) is 9.02. The third-order valence-corrected chi connectivity index (χ3v) is 2.95. The van der Waals surface area contributed by atoms with Crippen molar-refractivity contribution < 1.29 is 9.59 Å². The zero-order valence-electron chi connectivity index (χ0n) is 11.3. The fourth-order valence-electron chi connectivity index (χ4n) is 1.45. The lowest BCUT2D eigenvalue weighted by Gasteiger charge is -2.15. The highest BCUT2D eigenvalue weighted by Gasteiger charge is 2.16. The van der Waals surface area contributed by atoms with Gasteiger partial charge >= 0.3 is 0 Å². The molecule has 0 radical (unpaired) electrons. The summed E-state index contributed by atoms with van der Waals surface area (Å²) in [5, 5.41) is 5.47. The molecule has 0 saturated heterocycles. The van der Waals surface area contributed by atoms with Gasteiger partial charge in [-0.2, -0.15) is 0 Å². The fourth-order valence-corrected chi connectivity index (χ4v) is 1.45. The summed E-state index contributed by atoms with van der Waals surface area (Å²) >= 11 is 0. The molecule has 19 heavy (non-hydrogen) atoms. The Kier molecular flexibility index (Phi) is 6.02. The van der Waals surface area contributed by atoms with Crippen LogP contribution in [0.3, 0.4) is 0 Å². The van der Waals surface area contributed by atoms with Crippen molar-refractivity contribution in [2.45, 2.75) is 19.9 Å². The molecule has 0 fully saturated rings. The van der Waals surface area contributed by atoms with E-state index in [4.69, 9.17) is 5.73 Å². The van der Waals surface area contributed by atoms with Crippen LogP contribution in [-0.4, -0.2) is 30.9 Å². The van der Waals surface area contributed by atoms with E-state index >= 15 is 0 Å². The van der Waals surface area contributed by atoms with Gasteiger partial charge in [0.05, 0.1) is 0 Å². The van der Waals surface area contributed by atoms with Crippen LogP contribution in [0.5, 0.6) is 0 Å². The number of hydrogen-bond acceptors (Lipinski definition) is 3. The van der Waals surface area contributed by atoms with Crippen LogP contribution >= 0.6 is 0 Å². The maximum Gasteiger partial charge on any atom is 0.251 e. The molecule has 0 aliphatic carbocycles. The number of rotatable bonds is 6. The van der Waals surface area contributed by atoms with Gasteiger partial charge in [0.1, 0.15) is 0 Å². The minimum absolute atomic E-state index is 0.0936. The molecule has 0 saturated carbocycles. The fraction of sp³-hybridized carbons (Fsp3) is 0.429. The summed E-state index contributed by atoms with van der Waals surface area (Å²) in [6.45, 7) is 4.36. The van der Waals surface area contributed by atoms with E-state index in [-0.39, 0.29) is 23.8 Å². The van der Waals surface area contributed by atoms with Crippen LogP contribution in [-0.2, 0) is 4.79 Å². The molecule has 0 spiro atoms. The van der Waals surface area contributed by atoms with Crippen molar-refractivity contribution in [2.75, 3.05) is 13.1 Å². The molecule has 0 heterocycles. The Bertz CT molecular complexity index is 418. The standard InChI is InChI=1S/C14H21N3O2/c1-10(11(2)15)13(18)16-8-9-17-14(19)12-6-4-3-5-7-12/h3-7,10-11H,8-9,15H2,1-2H3,(H,16,18)(H,17,19). The van der Waals surface area contributed by atoms with Gasteiger partial charge in [0.2, 0.25) is 5.91 Å². The number of hydrogen-bond donors (Lipinski definition) is 3. The molecule has 0 aliphatic heterocycles. The van der Waals surface area contributed by atoms with E-state index in [9.17, 15) is 9.59 Å². The van der Waals surface area contributed by atoms with Gasteiger partial charge in [0, 0.05) is 30.6 Å². The Labute approximate surface area is 113 Å². The zero-order valence-corrected chi connectivity index (χ0v) is 11.3. The van der Waals surface area contributed by atoms with Crippen molar-refractivity contribution in [1.29, 1.82) is 0 Å². The molecular weight excluding hydrogens is 242 g/mol. The Balaban J connectivity index is 2.25. The van der Waals surface area contributed by atoms with Crippen LogP contribution in [0.15, 0.2) is 30.3 Å². The normalized spacial score (nSPS) is 13.4. The van der Waals surface area contributed by atoms with E-state index in [0.717, 1.165) is 0 Å². The highest BCUT2D eigenvalue weighted by Crippen LogP contribution is 1.99. The van der Waals surface area contributed by atoms with Crippen LogP contribution in [0.25, 0.3) is 0 Å². The maximum atomic E-state index is 11.7. The molecule has 104 valence electrons. The first kappa shape index (κ1) is 15.2. The van der Waals surface area contributed by atoms with E-state index in [1.54, 1.807) is 38.1 Å². The second kappa shape index (κ2) is 7.53.